The number of fused-ring (bicyclic) bond motifs is 4. The molecule has 0 aromatic heterocycles. The van der Waals surface area contributed by atoms with Gasteiger partial charge in [-0.1, -0.05) is 53.6 Å². The van der Waals surface area contributed by atoms with E-state index < -0.39 is 45.2 Å². The van der Waals surface area contributed by atoms with Gasteiger partial charge < -0.3 is 5.11 Å². The third-order valence-electron chi connectivity index (χ3n) is 8.59. The Morgan fingerprint density at radius 2 is 1.68 bits per heavy atom. The molecule has 2 aromatic carbocycles. The molecule has 2 aromatic rings. The molecule has 2 aliphatic heterocycles. The van der Waals surface area contributed by atoms with E-state index in [9.17, 15) is 24.3 Å². The molecule has 2 aliphatic carbocycles. The van der Waals surface area contributed by atoms with E-state index in [0.29, 0.717) is 10.6 Å². The van der Waals surface area contributed by atoms with Crippen molar-refractivity contribution < 1.29 is 24.3 Å². The van der Waals surface area contributed by atoms with Crippen molar-refractivity contribution in [1.29, 1.82) is 0 Å². The van der Waals surface area contributed by atoms with E-state index in [2.05, 4.69) is 0 Å². The van der Waals surface area contributed by atoms with Crippen LogP contribution in [-0.2, 0) is 25.7 Å². The lowest BCUT2D eigenvalue weighted by Crippen LogP contribution is -2.60. The zero-order valence-electron chi connectivity index (χ0n) is 20.2. The Hall–Kier alpha value is -2.87. The van der Waals surface area contributed by atoms with E-state index in [0.717, 1.165) is 10.5 Å². The minimum absolute atomic E-state index is 0.101. The van der Waals surface area contributed by atoms with Crippen LogP contribution in [0, 0.1) is 17.8 Å². The molecule has 4 aliphatic rings. The molecule has 7 nitrogen and oxygen atoms in total. The number of aromatic hydroxyl groups is 1. The van der Waals surface area contributed by atoms with E-state index in [1.807, 2.05) is 36.4 Å². The molecule has 6 rings (SSSR count). The van der Waals surface area contributed by atoms with Crippen molar-refractivity contribution in [2.24, 2.45) is 17.8 Å². The maximum absolute atomic E-state index is 13.8. The molecule has 6 unspecified atom stereocenters. The van der Waals surface area contributed by atoms with E-state index >= 15 is 0 Å². The van der Waals surface area contributed by atoms with Crippen molar-refractivity contribution in [3.8, 4) is 5.75 Å². The maximum Gasteiger partial charge on any atom is 0.253 e. The molecule has 4 amide bonds. The lowest BCUT2D eigenvalue weighted by molar-refractivity contribution is -0.141. The highest BCUT2D eigenvalue weighted by molar-refractivity contribution is 6.53. The van der Waals surface area contributed by atoms with Gasteiger partial charge in [0.25, 0.3) is 11.8 Å². The van der Waals surface area contributed by atoms with Crippen LogP contribution in [-0.4, -0.2) is 55.3 Å². The van der Waals surface area contributed by atoms with Crippen LogP contribution >= 0.6 is 34.8 Å². The SMILES string of the molecule is CN1C(=O)C2(Cl)CC3C(=CCC4C(=O)N(Cc5ccccc5)C(=O)C43)C(c3cc(Cl)ccc3O)C2(Cl)C1=O. The van der Waals surface area contributed by atoms with Crippen LogP contribution in [0.25, 0.3) is 0 Å². The Morgan fingerprint density at radius 1 is 0.974 bits per heavy atom. The van der Waals surface area contributed by atoms with Crippen LogP contribution in [0.1, 0.15) is 29.9 Å². The van der Waals surface area contributed by atoms with Crippen LogP contribution in [0.15, 0.2) is 60.2 Å². The normalized spacial score (nSPS) is 34.3. The van der Waals surface area contributed by atoms with Gasteiger partial charge in [-0.2, -0.15) is 0 Å². The summed E-state index contributed by atoms with van der Waals surface area (Å²) in [6.07, 6.45) is 1.98. The Labute approximate surface area is 233 Å². The molecule has 2 heterocycles. The number of hydrogen-bond donors (Lipinski definition) is 1. The van der Waals surface area contributed by atoms with Crippen LogP contribution in [0.3, 0.4) is 0 Å². The summed E-state index contributed by atoms with van der Waals surface area (Å²) in [7, 11) is 1.32. The molecule has 2 saturated heterocycles. The second-order valence-electron chi connectivity index (χ2n) is 10.4. The van der Waals surface area contributed by atoms with Gasteiger partial charge in [-0.25, -0.2) is 0 Å². The fraction of sp³-hybridized carbons (Fsp3) is 0.357. The van der Waals surface area contributed by atoms with Crippen molar-refractivity contribution in [3.63, 3.8) is 0 Å². The summed E-state index contributed by atoms with van der Waals surface area (Å²) >= 11 is 20.5. The highest BCUT2D eigenvalue weighted by Crippen LogP contribution is 2.66. The van der Waals surface area contributed by atoms with Crippen LogP contribution in [0.5, 0.6) is 5.75 Å². The number of carbonyl (C=O) groups excluding carboxylic acids is 4. The highest BCUT2D eigenvalue weighted by atomic mass is 35.5. The van der Waals surface area contributed by atoms with E-state index in [1.54, 1.807) is 0 Å². The molecular formula is C28H23Cl3N2O5. The van der Waals surface area contributed by atoms with E-state index in [1.165, 1.54) is 30.1 Å². The average molecular weight is 574 g/mol. The number of likely N-dealkylation sites (tertiary alicyclic amines) is 2. The maximum atomic E-state index is 13.8. The Kier molecular flexibility index (Phi) is 5.73. The number of alkyl halides is 2. The Balaban J connectivity index is 1.49. The first-order valence-corrected chi connectivity index (χ1v) is 13.4. The molecule has 1 N–H and O–H groups in total. The lowest BCUT2D eigenvalue weighted by atomic mass is 9.56. The number of amides is 4. The number of phenolic OH excluding ortho intramolecular Hbond substituents is 1. The van der Waals surface area contributed by atoms with Crippen molar-refractivity contribution in [1.82, 2.24) is 9.80 Å². The molecular weight excluding hydrogens is 551 g/mol. The smallest absolute Gasteiger partial charge is 0.253 e. The van der Waals surface area contributed by atoms with Crippen LogP contribution < -0.4 is 0 Å². The van der Waals surface area contributed by atoms with Gasteiger partial charge in [-0.3, -0.25) is 29.0 Å². The molecule has 6 atom stereocenters. The second-order valence-corrected chi connectivity index (χ2v) is 12.1. The third-order valence-corrected chi connectivity index (χ3v) is 10.2. The van der Waals surface area contributed by atoms with Crippen molar-refractivity contribution in [2.75, 3.05) is 7.05 Å². The van der Waals surface area contributed by atoms with E-state index in [4.69, 9.17) is 34.8 Å². The topological polar surface area (TPSA) is 95.0 Å². The van der Waals surface area contributed by atoms with Crippen LogP contribution in [0.4, 0.5) is 0 Å². The summed E-state index contributed by atoms with van der Waals surface area (Å²) in [6, 6.07) is 13.6. The molecule has 38 heavy (non-hydrogen) atoms. The summed E-state index contributed by atoms with van der Waals surface area (Å²) in [5, 5.41) is 11.2. The predicted molar refractivity (Wildman–Crippen MR) is 141 cm³/mol. The standard InChI is InChI=1S/C28H23Cl3N2O5/c1-32-25(37)27(30)12-19-16(22(28(27,31)26(32)38)18-11-15(29)7-10-20(18)34)8-9-17-21(19)24(36)33(23(17)35)13-14-5-3-2-4-6-14/h2-8,10-11,17,19,21-22,34H,9,12-13H2,1H3. The van der Waals surface area contributed by atoms with Crippen molar-refractivity contribution >= 4 is 58.4 Å². The third kappa shape index (κ3) is 3.22. The number of nitrogens with zero attached hydrogens (tertiary/aromatic N) is 2. The first-order valence-electron chi connectivity index (χ1n) is 12.3. The molecule has 0 spiro atoms. The number of allylic oxidation sites excluding steroid dienone is 2. The van der Waals surface area contributed by atoms with E-state index in [-0.39, 0.29) is 42.5 Å². The van der Waals surface area contributed by atoms with Gasteiger partial charge in [-0.15, -0.1) is 23.2 Å². The van der Waals surface area contributed by atoms with Gasteiger partial charge in [0.2, 0.25) is 11.8 Å². The number of benzene rings is 2. The van der Waals surface area contributed by atoms with Gasteiger partial charge in [0.05, 0.1) is 18.4 Å². The first-order chi connectivity index (χ1) is 18.0. The molecule has 10 heteroatoms. The van der Waals surface area contributed by atoms with Crippen molar-refractivity contribution in [2.45, 2.75) is 35.1 Å². The summed E-state index contributed by atoms with van der Waals surface area (Å²) in [6.45, 7) is 0.137. The molecule has 0 radical (unpaired) electrons. The Morgan fingerprint density at radius 3 is 2.39 bits per heavy atom. The largest absolute Gasteiger partial charge is 0.508 e. The Bertz CT molecular complexity index is 1450. The zero-order chi connectivity index (χ0) is 27.1. The van der Waals surface area contributed by atoms with Gasteiger partial charge >= 0.3 is 0 Å². The second kappa shape index (κ2) is 8.57. The lowest BCUT2D eigenvalue weighted by Gasteiger charge is -2.50. The fourth-order valence-corrected chi connectivity index (χ4v) is 8.02. The van der Waals surface area contributed by atoms with Crippen LogP contribution in [0.2, 0.25) is 5.02 Å². The average Bonchev–Trinajstić information content (AvgIpc) is 3.21. The molecule has 0 bridgehead atoms. The first kappa shape index (κ1) is 25.4. The molecule has 196 valence electrons. The monoisotopic (exact) mass is 572 g/mol. The number of imide groups is 2. The summed E-state index contributed by atoms with van der Waals surface area (Å²) in [4.78, 5) is 52.6. The number of carbonyl (C=O) groups is 4. The fourth-order valence-electron chi connectivity index (χ4n) is 6.83. The van der Waals surface area contributed by atoms with Gasteiger partial charge in [0.1, 0.15) is 5.75 Å². The molecule has 1 saturated carbocycles. The number of phenols is 1. The van der Waals surface area contributed by atoms with Gasteiger partial charge in [0.15, 0.2) is 9.75 Å². The number of rotatable bonds is 3. The quantitative estimate of drug-likeness (QED) is 0.337. The number of hydrogen-bond acceptors (Lipinski definition) is 5. The minimum Gasteiger partial charge on any atom is -0.508 e. The molecule has 3 fully saturated rings. The minimum atomic E-state index is -1.97. The summed E-state index contributed by atoms with van der Waals surface area (Å²) in [5.41, 5.74) is 1.66. The summed E-state index contributed by atoms with van der Waals surface area (Å²) in [5.74, 6) is -5.26. The van der Waals surface area contributed by atoms with Gasteiger partial charge in [-0.05, 0) is 42.5 Å². The number of halogens is 3. The zero-order valence-corrected chi connectivity index (χ0v) is 22.5. The predicted octanol–water partition coefficient (Wildman–Crippen LogP) is 4.23. The summed E-state index contributed by atoms with van der Waals surface area (Å²) < 4.78 is 0. The van der Waals surface area contributed by atoms with Crippen molar-refractivity contribution in [3.05, 3.63) is 76.3 Å². The van der Waals surface area contributed by atoms with Gasteiger partial charge in [0, 0.05) is 23.6 Å². The highest BCUT2D eigenvalue weighted by Gasteiger charge is 2.76.